The zero-order valence-electron chi connectivity index (χ0n) is 12.0. The number of halogens is 1. The molecule has 4 nitrogen and oxygen atoms in total. The molecular weight excluding hydrogens is 259 g/mol. The van der Waals surface area contributed by atoms with E-state index in [1.165, 1.54) is 6.07 Å². The molecule has 0 spiro atoms. The predicted octanol–water partition coefficient (Wildman–Crippen LogP) is 2.56. The van der Waals surface area contributed by atoms with Gasteiger partial charge in [-0.1, -0.05) is 6.07 Å². The van der Waals surface area contributed by atoms with E-state index in [0.717, 1.165) is 19.3 Å². The van der Waals surface area contributed by atoms with E-state index in [-0.39, 0.29) is 17.2 Å². The van der Waals surface area contributed by atoms with Gasteiger partial charge in [-0.05, 0) is 38.3 Å². The summed E-state index contributed by atoms with van der Waals surface area (Å²) in [6.07, 6.45) is 3.02. The Balaban J connectivity index is 2.07. The van der Waals surface area contributed by atoms with Crippen LogP contribution < -0.4 is 10.6 Å². The number of para-hydroxylation sites is 1. The number of methoxy groups -OCH3 is 1. The maximum atomic E-state index is 13.7. The van der Waals surface area contributed by atoms with Crippen molar-refractivity contribution in [2.24, 2.45) is 0 Å². The van der Waals surface area contributed by atoms with Crippen LogP contribution in [0, 0.1) is 5.82 Å². The highest BCUT2D eigenvalue weighted by Crippen LogP contribution is 2.34. The molecule has 1 aliphatic carbocycles. The van der Waals surface area contributed by atoms with E-state index in [0.29, 0.717) is 18.7 Å². The molecule has 2 N–H and O–H groups in total. The van der Waals surface area contributed by atoms with Gasteiger partial charge in [-0.2, -0.15) is 0 Å². The molecule has 1 amide bonds. The largest absolute Gasteiger partial charge is 0.382 e. The first kappa shape index (κ1) is 14.8. The fourth-order valence-electron chi connectivity index (χ4n) is 2.43. The van der Waals surface area contributed by atoms with Crippen LogP contribution in [0.25, 0.3) is 0 Å². The van der Waals surface area contributed by atoms with E-state index >= 15 is 0 Å². The number of carbonyl (C=O) groups is 1. The molecule has 1 aromatic rings. The second-order valence-corrected chi connectivity index (χ2v) is 5.12. The third-order valence-electron chi connectivity index (χ3n) is 3.88. The highest BCUT2D eigenvalue weighted by molar-refractivity contribution is 5.99. The summed E-state index contributed by atoms with van der Waals surface area (Å²) in [6.45, 7) is 2.88. The van der Waals surface area contributed by atoms with Gasteiger partial charge in [-0.25, -0.2) is 4.39 Å². The maximum absolute atomic E-state index is 13.7. The third-order valence-corrected chi connectivity index (χ3v) is 3.88. The molecule has 110 valence electrons. The molecule has 0 radical (unpaired) electrons. The van der Waals surface area contributed by atoms with Crippen molar-refractivity contribution >= 4 is 11.6 Å². The minimum Gasteiger partial charge on any atom is -0.382 e. The molecule has 0 heterocycles. The molecule has 1 aromatic carbocycles. The van der Waals surface area contributed by atoms with Gasteiger partial charge in [0.25, 0.3) is 5.91 Å². The summed E-state index contributed by atoms with van der Waals surface area (Å²) in [5, 5.41) is 5.75. The second kappa shape index (κ2) is 6.22. The maximum Gasteiger partial charge on any atom is 0.253 e. The van der Waals surface area contributed by atoms with Crippen molar-refractivity contribution in [3.8, 4) is 0 Å². The molecule has 5 heteroatoms. The number of benzene rings is 1. The van der Waals surface area contributed by atoms with Crippen molar-refractivity contribution < 1.29 is 13.9 Å². The van der Waals surface area contributed by atoms with Gasteiger partial charge in [0.2, 0.25) is 0 Å². The molecule has 0 bridgehead atoms. The summed E-state index contributed by atoms with van der Waals surface area (Å²) in [4.78, 5) is 12.2. The van der Waals surface area contributed by atoms with Gasteiger partial charge in [0.05, 0.1) is 16.9 Å². The van der Waals surface area contributed by atoms with Crippen molar-refractivity contribution in [3.05, 3.63) is 29.6 Å². The average Bonchev–Trinajstić information content (AvgIpc) is 2.40. The number of anilines is 1. The number of amides is 1. The van der Waals surface area contributed by atoms with Gasteiger partial charge in [-0.15, -0.1) is 0 Å². The SMILES string of the molecule is CCNc1c(F)cccc1C(=O)NCC1(OC)CCC1. The van der Waals surface area contributed by atoms with E-state index in [1.807, 2.05) is 6.92 Å². The first-order valence-corrected chi connectivity index (χ1v) is 6.97. The van der Waals surface area contributed by atoms with E-state index in [2.05, 4.69) is 10.6 Å². The fraction of sp³-hybridized carbons (Fsp3) is 0.533. The molecule has 20 heavy (non-hydrogen) atoms. The van der Waals surface area contributed by atoms with Gasteiger partial charge < -0.3 is 15.4 Å². The van der Waals surface area contributed by atoms with Crippen LogP contribution in [0.3, 0.4) is 0 Å². The number of hydrogen-bond acceptors (Lipinski definition) is 3. The second-order valence-electron chi connectivity index (χ2n) is 5.12. The van der Waals surface area contributed by atoms with Gasteiger partial charge in [0, 0.05) is 20.2 Å². The molecule has 0 aromatic heterocycles. The third kappa shape index (κ3) is 2.93. The van der Waals surface area contributed by atoms with Crippen LogP contribution in [0.1, 0.15) is 36.5 Å². The molecule has 1 aliphatic rings. The topological polar surface area (TPSA) is 50.4 Å². The lowest BCUT2D eigenvalue weighted by molar-refractivity contribution is -0.0679. The van der Waals surface area contributed by atoms with E-state index < -0.39 is 5.82 Å². The molecule has 1 saturated carbocycles. The van der Waals surface area contributed by atoms with Crippen molar-refractivity contribution in [3.63, 3.8) is 0 Å². The molecule has 0 atom stereocenters. The Labute approximate surface area is 118 Å². The van der Waals surface area contributed by atoms with Crippen molar-refractivity contribution in [1.29, 1.82) is 0 Å². The Hall–Kier alpha value is -1.62. The predicted molar refractivity (Wildman–Crippen MR) is 76.5 cm³/mol. The van der Waals surface area contributed by atoms with Gasteiger partial charge in [-0.3, -0.25) is 4.79 Å². The van der Waals surface area contributed by atoms with Crippen molar-refractivity contribution in [1.82, 2.24) is 5.32 Å². The summed E-state index contributed by atoms with van der Waals surface area (Å²) < 4.78 is 19.2. The zero-order valence-corrected chi connectivity index (χ0v) is 12.0. The van der Waals surface area contributed by atoms with Crippen molar-refractivity contribution in [2.75, 3.05) is 25.5 Å². The van der Waals surface area contributed by atoms with Crippen LogP contribution in [0.15, 0.2) is 18.2 Å². The zero-order chi connectivity index (χ0) is 14.6. The standard InChI is InChI=1S/C15H21FN2O2/c1-3-17-13-11(6-4-7-12(13)16)14(19)18-10-15(20-2)8-5-9-15/h4,6-7,17H,3,5,8-10H2,1-2H3,(H,18,19). The number of rotatable bonds is 6. The minimum absolute atomic E-state index is 0.235. The lowest BCUT2D eigenvalue weighted by atomic mass is 9.80. The molecule has 0 unspecified atom stereocenters. The lowest BCUT2D eigenvalue weighted by Gasteiger charge is -2.40. The van der Waals surface area contributed by atoms with Crippen LogP contribution >= 0.6 is 0 Å². The quantitative estimate of drug-likeness (QED) is 0.842. The van der Waals surface area contributed by atoms with Crippen LogP contribution in [0.2, 0.25) is 0 Å². The Kier molecular flexibility index (Phi) is 4.60. The van der Waals surface area contributed by atoms with Gasteiger partial charge in [0.15, 0.2) is 0 Å². The molecular formula is C15H21FN2O2. The molecule has 0 aliphatic heterocycles. The van der Waals surface area contributed by atoms with Gasteiger partial charge >= 0.3 is 0 Å². The first-order chi connectivity index (χ1) is 9.62. The Morgan fingerprint density at radius 1 is 1.45 bits per heavy atom. The van der Waals surface area contributed by atoms with E-state index in [9.17, 15) is 9.18 Å². The normalized spacial score (nSPS) is 16.4. The summed E-state index contributed by atoms with van der Waals surface area (Å²) in [6, 6.07) is 4.51. The van der Waals surface area contributed by atoms with E-state index in [4.69, 9.17) is 4.74 Å². The molecule has 0 saturated heterocycles. The summed E-state index contributed by atoms with van der Waals surface area (Å²) in [7, 11) is 1.66. The van der Waals surface area contributed by atoms with Crippen LogP contribution in [0.5, 0.6) is 0 Å². The van der Waals surface area contributed by atoms with Crippen LogP contribution in [-0.4, -0.2) is 31.7 Å². The highest BCUT2D eigenvalue weighted by atomic mass is 19.1. The van der Waals surface area contributed by atoms with Crippen LogP contribution in [0.4, 0.5) is 10.1 Å². The lowest BCUT2D eigenvalue weighted by Crippen LogP contribution is -2.49. The molecule has 1 fully saturated rings. The number of carbonyl (C=O) groups excluding carboxylic acids is 1. The Bertz CT molecular complexity index is 481. The van der Waals surface area contributed by atoms with Crippen molar-refractivity contribution in [2.45, 2.75) is 31.8 Å². The summed E-state index contributed by atoms with van der Waals surface area (Å²) in [5.41, 5.74) is 0.353. The Morgan fingerprint density at radius 2 is 2.20 bits per heavy atom. The monoisotopic (exact) mass is 280 g/mol. The van der Waals surface area contributed by atoms with Gasteiger partial charge in [0.1, 0.15) is 5.82 Å². The summed E-state index contributed by atoms with van der Waals surface area (Å²) >= 11 is 0. The van der Waals surface area contributed by atoms with E-state index in [1.54, 1.807) is 19.2 Å². The minimum atomic E-state index is -0.412. The molecule has 2 rings (SSSR count). The van der Waals surface area contributed by atoms with Crippen LogP contribution in [-0.2, 0) is 4.74 Å². The summed E-state index contributed by atoms with van der Waals surface area (Å²) in [5.74, 6) is -0.687. The average molecular weight is 280 g/mol. The Morgan fingerprint density at radius 3 is 2.75 bits per heavy atom. The number of ether oxygens (including phenoxy) is 1. The smallest absolute Gasteiger partial charge is 0.253 e. The first-order valence-electron chi connectivity index (χ1n) is 6.97. The number of hydrogen-bond donors (Lipinski definition) is 2. The highest BCUT2D eigenvalue weighted by Gasteiger charge is 2.37. The number of nitrogens with one attached hydrogen (secondary N) is 2. The fourth-order valence-corrected chi connectivity index (χ4v) is 2.43.